The molecule has 2 unspecified atom stereocenters. The number of hydrogen-bond acceptors (Lipinski definition) is 12. The van der Waals surface area contributed by atoms with Crippen LogP contribution in [0.2, 0.25) is 0 Å². The monoisotopic (exact) mass is 1070 g/mol. The minimum absolute atomic E-state index is 0.00731. The van der Waals surface area contributed by atoms with Gasteiger partial charge in [0, 0.05) is 11.1 Å². The Morgan fingerprint density at radius 1 is 0.566 bits per heavy atom. The van der Waals surface area contributed by atoms with Crippen molar-refractivity contribution in [1.29, 1.82) is 21.0 Å². The van der Waals surface area contributed by atoms with Crippen molar-refractivity contribution in [1.82, 2.24) is 0 Å². The highest BCUT2D eigenvalue weighted by Gasteiger charge is 2.22. The Labute approximate surface area is 451 Å². The molecule has 1 aliphatic rings. The number of ketones is 2. The molecule has 13 heteroatoms. The average molecular weight is 1070 g/mol. The molecule has 12 nitrogen and oxygen atoms in total. The second kappa shape index (κ2) is 30.5. The molecule has 0 spiro atoms. The number of Topliss-reactive ketones (excluding diaryl/α,β-unsaturated/α-hetero) is 2. The number of hydrogen-bond donors (Lipinski definition) is 2. The molecular weight excluding hydrogens is 1020 g/mol. The maximum absolute atomic E-state index is 12.0. The molecule has 2 atom stereocenters. The number of carbonyl (C=O) groups is 2. The Hall–Kier alpha value is -9.50. The van der Waals surface area contributed by atoms with Crippen molar-refractivity contribution in [3.05, 3.63) is 255 Å². The first-order valence-electron chi connectivity index (χ1n) is 23.7. The molecule has 0 saturated carbocycles. The third-order valence-corrected chi connectivity index (χ3v) is 11.6. The van der Waals surface area contributed by atoms with Gasteiger partial charge in [-0.3, -0.25) is 9.59 Å². The average Bonchev–Trinajstić information content (AvgIpc) is 3.47. The van der Waals surface area contributed by atoms with Crippen LogP contribution in [0.3, 0.4) is 0 Å². The lowest BCUT2D eigenvalue weighted by Crippen LogP contribution is -2.21. The van der Waals surface area contributed by atoms with Gasteiger partial charge in [-0.05, 0) is 127 Å². The van der Waals surface area contributed by atoms with Crippen LogP contribution in [0.25, 0.3) is 0 Å². The zero-order valence-corrected chi connectivity index (χ0v) is 43.6. The summed E-state index contributed by atoms with van der Waals surface area (Å²) < 4.78 is 22.6. The standard InChI is InChI=1S/C16H15NO2.C16H13NO2.C15H11NO2.C9H6BrNO.C7H8O/c2*1-12-5-2-3-8-16(12)19-11-15(18)14-7-4-6-13(9-14)10-17;16-9-11-4-3-5-12(8-11)15-10-17-13-6-1-2-7-14(13)18-15;10-5-9(12)8-3-1-2-7(4-8)6-11;1-6-4-2-3-5-7(6)8/h2-9,15,18H,11H2,1H3;2-9H,11H2,1H3;1-8,15H,10H2;1-4H,5H2;2-5,8H,1H3. The molecule has 2 N–H and O–H groups in total. The summed E-state index contributed by atoms with van der Waals surface area (Å²) in [5, 5.41) is 54.3. The van der Waals surface area contributed by atoms with E-state index in [1.807, 2.05) is 142 Å². The van der Waals surface area contributed by atoms with E-state index >= 15 is 0 Å². The van der Waals surface area contributed by atoms with Gasteiger partial charge in [0.1, 0.15) is 36.6 Å². The number of benzene rings is 8. The summed E-state index contributed by atoms with van der Waals surface area (Å²) in [6.45, 7) is 6.36. The van der Waals surface area contributed by atoms with Crippen LogP contribution in [0.1, 0.15) is 83.0 Å². The quantitative estimate of drug-likeness (QED) is 0.0916. The third-order valence-electron chi connectivity index (χ3n) is 11.1. The van der Waals surface area contributed by atoms with E-state index < -0.39 is 6.10 Å². The summed E-state index contributed by atoms with van der Waals surface area (Å²) >= 11 is 3.07. The normalized spacial score (nSPS) is 11.7. The fourth-order valence-electron chi connectivity index (χ4n) is 6.90. The number of halogens is 1. The SMILES string of the molecule is Cc1ccccc1O.Cc1ccccc1OCC(=O)c1cccc(C#N)c1.Cc1ccccc1OCC(O)c1cccc(C#N)c1.N#Cc1cccc(C(=O)CBr)c1.N#Cc1cccc(C2COc3ccccc3O2)c1. The Balaban J connectivity index is 0.000000180. The van der Waals surface area contributed by atoms with Crippen molar-refractivity contribution in [2.45, 2.75) is 33.0 Å². The number of nitrogens with zero attached hydrogens (tertiary/aromatic N) is 4. The van der Waals surface area contributed by atoms with Crippen LogP contribution in [0.15, 0.2) is 194 Å². The first-order valence-corrected chi connectivity index (χ1v) is 24.8. The fraction of sp³-hybridized carbons (Fsp3) is 0.143. The van der Waals surface area contributed by atoms with Crippen LogP contribution in [-0.2, 0) is 0 Å². The van der Waals surface area contributed by atoms with Crippen molar-refractivity contribution >= 4 is 27.5 Å². The van der Waals surface area contributed by atoms with Crippen molar-refractivity contribution in [2.24, 2.45) is 0 Å². The first-order chi connectivity index (χ1) is 36.8. The number of alkyl halides is 1. The first kappa shape index (κ1) is 57.4. The second-order valence-corrected chi connectivity index (χ2v) is 17.2. The zero-order chi connectivity index (χ0) is 54.7. The lowest BCUT2D eigenvalue weighted by molar-refractivity contribution is 0.0913. The highest BCUT2D eigenvalue weighted by molar-refractivity contribution is 9.09. The molecule has 76 heavy (non-hydrogen) atoms. The van der Waals surface area contributed by atoms with Gasteiger partial charge in [-0.25, -0.2) is 0 Å². The van der Waals surface area contributed by atoms with Gasteiger partial charge in [-0.2, -0.15) is 21.0 Å². The van der Waals surface area contributed by atoms with Gasteiger partial charge < -0.3 is 29.2 Å². The van der Waals surface area contributed by atoms with Crippen LogP contribution in [0.5, 0.6) is 28.7 Å². The van der Waals surface area contributed by atoms with Crippen LogP contribution in [-0.4, -0.2) is 46.9 Å². The van der Waals surface area contributed by atoms with Crippen molar-refractivity contribution in [3.8, 4) is 53.0 Å². The van der Waals surface area contributed by atoms with Crippen LogP contribution in [0, 0.1) is 66.1 Å². The number of aliphatic hydroxyl groups is 1. The van der Waals surface area contributed by atoms with Gasteiger partial charge in [0.25, 0.3) is 0 Å². The molecule has 8 aromatic rings. The maximum atomic E-state index is 12.0. The van der Waals surface area contributed by atoms with E-state index in [1.54, 1.807) is 84.9 Å². The zero-order valence-electron chi connectivity index (χ0n) is 42.0. The molecule has 0 aliphatic carbocycles. The van der Waals surface area contributed by atoms with Gasteiger partial charge in [0.2, 0.25) is 0 Å². The Bertz CT molecular complexity index is 3370. The van der Waals surface area contributed by atoms with Gasteiger partial charge in [-0.1, -0.05) is 131 Å². The number of rotatable bonds is 11. The van der Waals surface area contributed by atoms with E-state index in [0.717, 1.165) is 39.5 Å². The lowest BCUT2D eigenvalue weighted by Gasteiger charge is -2.26. The van der Waals surface area contributed by atoms with E-state index in [9.17, 15) is 14.7 Å². The molecule has 0 aromatic heterocycles. The number of para-hydroxylation sites is 5. The molecule has 0 bridgehead atoms. The number of phenols is 1. The minimum atomic E-state index is -0.743. The van der Waals surface area contributed by atoms with Gasteiger partial charge in [-0.15, -0.1) is 0 Å². The number of aliphatic hydroxyl groups excluding tert-OH is 1. The number of aryl methyl sites for hydroxylation is 3. The molecule has 0 fully saturated rings. The highest BCUT2D eigenvalue weighted by Crippen LogP contribution is 2.36. The lowest BCUT2D eigenvalue weighted by atomic mass is 10.1. The number of carbonyl (C=O) groups excluding carboxylic acids is 2. The Morgan fingerprint density at radius 2 is 1.04 bits per heavy atom. The van der Waals surface area contributed by atoms with Crippen LogP contribution < -0.4 is 18.9 Å². The van der Waals surface area contributed by atoms with Crippen LogP contribution >= 0.6 is 15.9 Å². The molecular formula is C63H53BrN4O8. The Morgan fingerprint density at radius 3 is 1.58 bits per heavy atom. The predicted octanol–water partition coefficient (Wildman–Crippen LogP) is 13.0. The number of ether oxygens (including phenoxy) is 4. The van der Waals surface area contributed by atoms with Crippen molar-refractivity contribution < 1.29 is 38.7 Å². The summed E-state index contributed by atoms with van der Waals surface area (Å²) in [6, 6.07) is 65.8. The second-order valence-electron chi connectivity index (χ2n) is 16.6. The van der Waals surface area contributed by atoms with Gasteiger partial charge in [0.05, 0.1) is 51.9 Å². The maximum Gasteiger partial charge on any atom is 0.200 e. The summed E-state index contributed by atoms with van der Waals surface area (Å²) in [5.74, 6) is 3.20. The number of aromatic hydroxyl groups is 1. The molecule has 1 aliphatic heterocycles. The van der Waals surface area contributed by atoms with Gasteiger partial charge >= 0.3 is 0 Å². The highest BCUT2D eigenvalue weighted by atomic mass is 79.9. The van der Waals surface area contributed by atoms with E-state index in [2.05, 4.69) is 28.1 Å². The summed E-state index contributed by atoms with van der Waals surface area (Å²) in [7, 11) is 0. The third kappa shape index (κ3) is 18.2. The number of nitriles is 4. The summed E-state index contributed by atoms with van der Waals surface area (Å²) in [5.41, 5.74) is 7.81. The van der Waals surface area contributed by atoms with Crippen molar-refractivity contribution in [3.63, 3.8) is 0 Å². The molecule has 0 radical (unpaired) electrons. The molecule has 0 saturated heterocycles. The molecule has 0 amide bonds. The largest absolute Gasteiger partial charge is 0.508 e. The van der Waals surface area contributed by atoms with E-state index in [1.165, 1.54) is 0 Å². The molecule has 1 heterocycles. The van der Waals surface area contributed by atoms with E-state index in [-0.39, 0.29) is 30.9 Å². The van der Waals surface area contributed by atoms with Crippen LogP contribution in [0.4, 0.5) is 0 Å². The fourth-order valence-corrected chi connectivity index (χ4v) is 7.22. The topological polar surface area (TPSA) is 207 Å². The minimum Gasteiger partial charge on any atom is -0.508 e. The van der Waals surface area contributed by atoms with E-state index in [0.29, 0.717) is 62.4 Å². The molecule has 9 rings (SSSR count). The number of phenolic OH excluding ortho intramolecular Hbond substituents is 1. The summed E-state index contributed by atoms with van der Waals surface area (Å²) in [4.78, 5) is 23.1. The summed E-state index contributed by atoms with van der Waals surface area (Å²) in [6.07, 6.45) is -0.902. The van der Waals surface area contributed by atoms with E-state index in [4.69, 9.17) is 45.1 Å². The predicted molar refractivity (Wildman–Crippen MR) is 294 cm³/mol. The molecule has 8 aromatic carbocycles. The smallest absolute Gasteiger partial charge is 0.200 e. The molecule has 380 valence electrons. The van der Waals surface area contributed by atoms with Gasteiger partial charge in [0.15, 0.2) is 35.8 Å². The Kier molecular flexibility index (Phi) is 23.0. The van der Waals surface area contributed by atoms with Crippen molar-refractivity contribution in [2.75, 3.05) is 25.2 Å². The number of fused-ring (bicyclic) bond motifs is 1.